The van der Waals surface area contributed by atoms with Gasteiger partial charge in [0.05, 0.1) is 6.61 Å². The molecule has 0 unspecified atom stereocenters. The molecule has 0 radical (unpaired) electrons. The van der Waals surface area contributed by atoms with E-state index in [0.717, 1.165) is 5.75 Å². The van der Waals surface area contributed by atoms with E-state index in [2.05, 4.69) is 20.8 Å². The fourth-order valence-electron chi connectivity index (χ4n) is 2.11. The van der Waals surface area contributed by atoms with Gasteiger partial charge in [0.25, 0.3) is 0 Å². The highest BCUT2D eigenvalue weighted by Crippen LogP contribution is 2.25. The van der Waals surface area contributed by atoms with Crippen LogP contribution in [0.2, 0.25) is 0 Å². The third-order valence-electron chi connectivity index (χ3n) is 3.21. The monoisotopic (exact) mass is 339 g/mol. The Morgan fingerprint density at radius 2 is 1.68 bits per heavy atom. The largest absolute Gasteiger partial charge is 0.494 e. The van der Waals surface area contributed by atoms with Crippen molar-refractivity contribution in [1.82, 2.24) is 20.2 Å². The van der Waals surface area contributed by atoms with E-state index in [9.17, 15) is 4.79 Å². The van der Waals surface area contributed by atoms with Crippen molar-refractivity contribution in [3.63, 3.8) is 0 Å². The molecule has 0 bridgehead atoms. The molecule has 0 aliphatic rings. The maximum atomic E-state index is 11.9. The Balaban J connectivity index is 1.55. The van der Waals surface area contributed by atoms with Gasteiger partial charge in [0, 0.05) is 5.69 Å². The first kappa shape index (κ1) is 16.4. The second-order valence-corrected chi connectivity index (χ2v) is 5.09. The minimum absolute atomic E-state index is 0.0530. The van der Waals surface area contributed by atoms with Gasteiger partial charge in [0.15, 0.2) is 0 Å². The molecule has 2 aromatic carbocycles. The van der Waals surface area contributed by atoms with E-state index in [0.29, 0.717) is 23.8 Å². The van der Waals surface area contributed by atoms with Crippen molar-refractivity contribution in [3.8, 4) is 17.2 Å². The van der Waals surface area contributed by atoms with Crippen LogP contribution >= 0.6 is 0 Å². The standard InChI is InChI=1S/C17H17N5O3/c1-2-24-14-7-9-16(10-8-14)25-15-5-3-13(4-6-15)19-17(23)11-22-12-18-20-21-22/h3-10,12H,2,11H2,1H3,(H,19,23). The van der Waals surface area contributed by atoms with Crippen molar-refractivity contribution in [2.75, 3.05) is 11.9 Å². The third-order valence-corrected chi connectivity index (χ3v) is 3.21. The second-order valence-electron chi connectivity index (χ2n) is 5.09. The second kappa shape index (κ2) is 7.91. The third kappa shape index (κ3) is 4.77. The summed E-state index contributed by atoms with van der Waals surface area (Å²) in [6.45, 7) is 2.62. The number of anilines is 1. The van der Waals surface area contributed by atoms with Crippen LogP contribution in [-0.2, 0) is 11.3 Å². The Labute approximate surface area is 144 Å². The molecule has 0 fully saturated rings. The van der Waals surface area contributed by atoms with E-state index in [1.807, 2.05) is 31.2 Å². The van der Waals surface area contributed by atoms with Gasteiger partial charge >= 0.3 is 0 Å². The Hall–Kier alpha value is -3.42. The molecule has 3 aromatic rings. The van der Waals surface area contributed by atoms with Gasteiger partial charge in [-0.05, 0) is 65.9 Å². The fraction of sp³-hybridized carbons (Fsp3) is 0.176. The zero-order valence-electron chi connectivity index (χ0n) is 13.6. The zero-order chi connectivity index (χ0) is 17.5. The number of carbonyl (C=O) groups excluding carboxylic acids is 1. The maximum absolute atomic E-state index is 11.9. The molecule has 8 nitrogen and oxygen atoms in total. The van der Waals surface area contributed by atoms with Gasteiger partial charge in [-0.2, -0.15) is 0 Å². The van der Waals surface area contributed by atoms with Gasteiger partial charge < -0.3 is 14.8 Å². The lowest BCUT2D eigenvalue weighted by Crippen LogP contribution is -2.19. The highest BCUT2D eigenvalue weighted by Gasteiger charge is 2.05. The highest BCUT2D eigenvalue weighted by molar-refractivity contribution is 5.90. The van der Waals surface area contributed by atoms with Crippen molar-refractivity contribution >= 4 is 11.6 Å². The van der Waals surface area contributed by atoms with Crippen molar-refractivity contribution in [1.29, 1.82) is 0 Å². The number of tetrazole rings is 1. The van der Waals surface area contributed by atoms with E-state index in [1.54, 1.807) is 24.3 Å². The summed E-state index contributed by atoms with van der Waals surface area (Å²) in [5, 5.41) is 13.4. The lowest BCUT2D eigenvalue weighted by atomic mass is 10.3. The number of carbonyl (C=O) groups is 1. The van der Waals surface area contributed by atoms with Gasteiger partial charge in [0.2, 0.25) is 5.91 Å². The van der Waals surface area contributed by atoms with E-state index in [1.165, 1.54) is 11.0 Å². The summed E-state index contributed by atoms with van der Waals surface area (Å²) in [4.78, 5) is 11.9. The number of ether oxygens (including phenoxy) is 2. The molecular formula is C17H17N5O3. The quantitative estimate of drug-likeness (QED) is 0.711. The summed E-state index contributed by atoms with van der Waals surface area (Å²) in [7, 11) is 0. The predicted octanol–water partition coefficient (Wildman–Crippen LogP) is 2.50. The summed E-state index contributed by atoms with van der Waals surface area (Å²) in [5.74, 6) is 1.96. The summed E-state index contributed by atoms with van der Waals surface area (Å²) >= 11 is 0. The number of amides is 1. The minimum atomic E-state index is -0.215. The molecule has 1 N–H and O–H groups in total. The first-order valence-corrected chi connectivity index (χ1v) is 7.74. The number of rotatable bonds is 7. The van der Waals surface area contributed by atoms with Gasteiger partial charge in [0.1, 0.15) is 30.1 Å². The van der Waals surface area contributed by atoms with Crippen LogP contribution < -0.4 is 14.8 Å². The van der Waals surface area contributed by atoms with Crippen molar-refractivity contribution in [3.05, 3.63) is 54.9 Å². The Kier molecular flexibility index (Phi) is 5.20. The van der Waals surface area contributed by atoms with Crippen LogP contribution in [0.4, 0.5) is 5.69 Å². The average molecular weight is 339 g/mol. The normalized spacial score (nSPS) is 10.3. The first-order valence-electron chi connectivity index (χ1n) is 7.74. The van der Waals surface area contributed by atoms with Crippen LogP contribution in [0.25, 0.3) is 0 Å². The molecule has 3 rings (SSSR count). The number of aromatic nitrogens is 4. The summed E-state index contributed by atoms with van der Waals surface area (Å²) in [6, 6.07) is 14.5. The lowest BCUT2D eigenvalue weighted by molar-refractivity contribution is -0.116. The maximum Gasteiger partial charge on any atom is 0.246 e. The molecule has 1 heterocycles. The molecular weight excluding hydrogens is 322 g/mol. The van der Waals surface area contributed by atoms with Gasteiger partial charge in [-0.15, -0.1) is 5.10 Å². The van der Waals surface area contributed by atoms with Crippen molar-refractivity contribution in [2.24, 2.45) is 0 Å². The molecule has 0 aliphatic carbocycles. The van der Waals surface area contributed by atoms with Crippen LogP contribution in [-0.4, -0.2) is 32.7 Å². The van der Waals surface area contributed by atoms with Gasteiger partial charge in [-0.1, -0.05) is 0 Å². The van der Waals surface area contributed by atoms with Gasteiger partial charge in [-0.25, -0.2) is 4.68 Å². The molecule has 1 aromatic heterocycles. The van der Waals surface area contributed by atoms with Gasteiger partial charge in [-0.3, -0.25) is 4.79 Å². The zero-order valence-corrected chi connectivity index (χ0v) is 13.6. The lowest BCUT2D eigenvalue weighted by Gasteiger charge is -2.09. The molecule has 1 amide bonds. The molecule has 0 spiro atoms. The minimum Gasteiger partial charge on any atom is -0.494 e. The number of benzene rings is 2. The molecule has 0 saturated carbocycles. The van der Waals surface area contributed by atoms with E-state index < -0.39 is 0 Å². The van der Waals surface area contributed by atoms with Crippen LogP contribution in [0.5, 0.6) is 17.2 Å². The average Bonchev–Trinajstić information content (AvgIpc) is 3.11. The Bertz CT molecular complexity index is 801. The smallest absolute Gasteiger partial charge is 0.246 e. The number of nitrogens with zero attached hydrogens (tertiary/aromatic N) is 4. The van der Waals surface area contributed by atoms with Crippen molar-refractivity contribution in [2.45, 2.75) is 13.5 Å². The number of hydrogen-bond acceptors (Lipinski definition) is 6. The van der Waals surface area contributed by atoms with Crippen LogP contribution in [0.3, 0.4) is 0 Å². The topological polar surface area (TPSA) is 91.2 Å². The van der Waals surface area contributed by atoms with E-state index in [-0.39, 0.29) is 12.5 Å². The van der Waals surface area contributed by atoms with Crippen molar-refractivity contribution < 1.29 is 14.3 Å². The summed E-state index contributed by atoms with van der Waals surface area (Å²) in [6.07, 6.45) is 1.38. The molecule has 0 aliphatic heterocycles. The molecule has 25 heavy (non-hydrogen) atoms. The molecule has 0 atom stereocenters. The van der Waals surface area contributed by atoms with E-state index in [4.69, 9.17) is 9.47 Å². The van der Waals surface area contributed by atoms with Crippen LogP contribution in [0, 0.1) is 0 Å². The highest BCUT2D eigenvalue weighted by atomic mass is 16.5. The Morgan fingerprint density at radius 3 is 2.28 bits per heavy atom. The van der Waals surface area contributed by atoms with Crippen LogP contribution in [0.15, 0.2) is 54.9 Å². The first-order chi connectivity index (χ1) is 12.2. The SMILES string of the molecule is CCOc1ccc(Oc2ccc(NC(=O)Cn3cnnn3)cc2)cc1. The predicted molar refractivity (Wildman–Crippen MR) is 90.6 cm³/mol. The fourth-order valence-corrected chi connectivity index (χ4v) is 2.11. The van der Waals surface area contributed by atoms with E-state index >= 15 is 0 Å². The summed E-state index contributed by atoms with van der Waals surface area (Å²) in [5.41, 5.74) is 0.664. The summed E-state index contributed by atoms with van der Waals surface area (Å²) < 4.78 is 12.5. The molecule has 8 heteroatoms. The molecule has 0 saturated heterocycles. The van der Waals surface area contributed by atoms with Crippen LogP contribution in [0.1, 0.15) is 6.92 Å². The number of hydrogen-bond donors (Lipinski definition) is 1. The molecule has 128 valence electrons. The number of nitrogens with one attached hydrogen (secondary N) is 1. The Morgan fingerprint density at radius 1 is 1.04 bits per heavy atom.